The van der Waals surface area contributed by atoms with Crippen molar-refractivity contribution in [3.05, 3.63) is 23.8 Å². The molecule has 0 spiro atoms. The monoisotopic (exact) mass is 309 g/mol. The highest BCUT2D eigenvalue weighted by atomic mass is 16.5. The summed E-state index contributed by atoms with van der Waals surface area (Å²) in [6.07, 6.45) is 1.89. The van der Waals surface area contributed by atoms with E-state index in [4.69, 9.17) is 14.6 Å². The minimum Gasteiger partial charge on any atom is -0.493 e. The first-order valence-electron chi connectivity index (χ1n) is 7.24. The van der Waals surface area contributed by atoms with Gasteiger partial charge in [0.2, 0.25) is 5.91 Å². The van der Waals surface area contributed by atoms with Gasteiger partial charge < -0.3 is 19.9 Å². The third-order valence-corrected chi connectivity index (χ3v) is 3.28. The lowest BCUT2D eigenvalue weighted by Gasteiger charge is -2.19. The molecule has 0 bridgehead atoms. The van der Waals surface area contributed by atoms with Crippen LogP contribution in [-0.2, 0) is 9.59 Å². The summed E-state index contributed by atoms with van der Waals surface area (Å²) in [7, 11) is 3.03. The average Bonchev–Trinajstić information content (AvgIpc) is 2.51. The molecule has 0 unspecified atom stereocenters. The van der Waals surface area contributed by atoms with Gasteiger partial charge >= 0.3 is 5.97 Å². The third kappa shape index (κ3) is 5.27. The number of unbranched alkanes of at least 4 members (excludes halogenated alkanes) is 1. The molecule has 0 aliphatic carbocycles. The van der Waals surface area contributed by atoms with E-state index in [1.807, 2.05) is 6.92 Å². The Morgan fingerprint density at radius 2 is 1.91 bits per heavy atom. The highest BCUT2D eigenvalue weighted by Crippen LogP contribution is 2.31. The van der Waals surface area contributed by atoms with Crippen LogP contribution in [0.25, 0.3) is 0 Å². The molecule has 1 aromatic rings. The van der Waals surface area contributed by atoms with E-state index < -0.39 is 12.0 Å². The van der Waals surface area contributed by atoms with Gasteiger partial charge in [0.15, 0.2) is 11.5 Å². The van der Waals surface area contributed by atoms with Crippen molar-refractivity contribution in [1.82, 2.24) is 5.32 Å². The van der Waals surface area contributed by atoms with Crippen LogP contribution in [-0.4, -0.2) is 31.2 Å². The molecule has 0 heterocycles. The van der Waals surface area contributed by atoms with Crippen molar-refractivity contribution in [3.63, 3.8) is 0 Å². The number of benzene rings is 1. The van der Waals surface area contributed by atoms with Gasteiger partial charge in [0, 0.05) is 6.42 Å². The third-order valence-electron chi connectivity index (χ3n) is 3.28. The molecule has 0 aliphatic heterocycles. The summed E-state index contributed by atoms with van der Waals surface area (Å²) >= 11 is 0. The van der Waals surface area contributed by atoms with E-state index in [0.29, 0.717) is 23.5 Å². The number of amides is 1. The number of methoxy groups -OCH3 is 2. The topological polar surface area (TPSA) is 84.9 Å². The maximum Gasteiger partial charge on any atom is 0.305 e. The van der Waals surface area contributed by atoms with Gasteiger partial charge in [-0.3, -0.25) is 9.59 Å². The Hall–Kier alpha value is -2.24. The average molecular weight is 309 g/mol. The zero-order valence-corrected chi connectivity index (χ0v) is 13.2. The van der Waals surface area contributed by atoms with Gasteiger partial charge in [-0.2, -0.15) is 0 Å². The molecule has 6 nitrogen and oxygen atoms in total. The number of ether oxygens (including phenoxy) is 2. The zero-order valence-electron chi connectivity index (χ0n) is 13.2. The van der Waals surface area contributed by atoms with Crippen LogP contribution in [0.5, 0.6) is 11.5 Å². The Morgan fingerprint density at radius 1 is 1.23 bits per heavy atom. The standard InChI is InChI=1S/C16H23NO5/c1-4-5-6-15(18)17-12(10-16(19)20)11-7-8-13(21-2)14(9-11)22-3/h7-9,12H,4-6,10H2,1-3H3,(H,17,18)(H,19,20)/t12-/m1/s1. The zero-order chi connectivity index (χ0) is 16.5. The van der Waals surface area contributed by atoms with Crippen molar-refractivity contribution in [2.24, 2.45) is 0 Å². The van der Waals surface area contributed by atoms with Gasteiger partial charge in [-0.15, -0.1) is 0 Å². The molecule has 1 rings (SSSR count). The second kappa shape index (κ2) is 8.92. The van der Waals surface area contributed by atoms with Crippen LogP contribution >= 0.6 is 0 Å². The first-order chi connectivity index (χ1) is 10.5. The van der Waals surface area contributed by atoms with Crippen molar-refractivity contribution in [2.75, 3.05) is 14.2 Å². The number of nitrogens with one attached hydrogen (secondary N) is 1. The molecule has 1 atom stereocenters. The second-order valence-electron chi connectivity index (χ2n) is 4.94. The van der Waals surface area contributed by atoms with Crippen LogP contribution in [0, 0.1) is 0 Å². The second-order valence-corrected chi connectivity index (χ2v) is 4.94. The number of carbonyl (C=O) groups excluding carboxylic acids is 1. The molecule has 0 aromatic heterocycles. The molecule has 0 aliphatic rings. The number of carboxylic acid groups (broad SMARTS) is 1. The van der Waals surface area contributed by atoms with Crippen molar-refractivity contribution in [2.45, 2.75) is 38.6 Å². The molecule has 6 heteroatoms. The molecule has 0 radical (unpaired) electrons. The van der Waals surface area contributed by atoms with E-state index in [1.165, 1.54) is 14.2 Å². The molecule has 1 aromatic carbocycles. The van der Waals surface area contributed by atoms with Gasteiger partial charge in [0.25, 0.3) is 0 Å². The highest BCUT2D eigenvalue weighted by Gasteiger charge is 2.19. The smallest absolute Gasteiger partial charge is 0.305 e. The van der Waals surface area contributed by atoms with Gasteiger partial charge in [0.05, 0.1) is 26.7 Å². The van der Waals surface area contributed by atoms with E-state index in [1.54, 1.807) is 18.2 Å². The lowest BCUT2D eigenvalue weighted by atomic mass is 10.0. The van der Waals surface area contributed by atoms with Crippen molar-refractivity contribution in [1.29, 1.82) is 0 Å². The molecular formula is C16H23NO5. The van der Waals surface area contributed by atoms with E-state index in [-0.39, 0.29) is 12.3 Å². The summed E-state index contributed by atoms with van der Waals surface area (Å²) in [5.74, 6) is -0.0747. The fraction of sp³-hybridized carbons (Fsp3) is 0.500. The Labute approximate surface area is 130 Å². The van der Waals surface area contributed by atoms with Gasteiger partial charge in [-0.05, 0) is 24.1 Å². The summed E-state index contributed by atoms with van der Waals surface area (Å²) in [5, 5.41) is 11.8. The van der Waals surface area contributed by atoms with Crippen molar-refractivity contribution < 1.29 is 24.2 Å². The van der Waals surface area contributed by atoms with E-state index >= 15 is 0 Å². The quantitative estimate of drug-likeness (QED) is 0.732. The molecule has 2 N–H and O–H groups in total. The van der Waals surface area contributed by atoms with E-state index in [0.717, 1.165) is 12.8 Å². The first-order valence-corrected chi connectivity index (χ1v) is 7.24. The number of rotatable bonds is 9. The maximum absolute atomic E-state index is 11.9. The van der Waals surface area contributed by atoms with Crippen molar-refractivity contribution in [3.8, 4) is 11.5 Å². The largest absolute Gasteiger partial charge is 0.493 e. The van der Waals surface area contributed by atoms with Crippen LogP contribution in [0.15, 0.2) is 18.2 Å². The summed E-state index contributed by atoms with van der Waals surface area (Å²) in [4.78, 5) is 22.9. The van der Waals surface area contributed by atoms with E-state index in [2.05, 4.69) is 5.32 Å². The van der Waals surface area contributed by atoms with E-state index in [9.17, 15) is 9.59 Å². The SMILES string of the molecule is CCCCC(=O)N[C@H](CC(=O)O)c1ccc(OC)c(OC)c1. The Balaban J connectivity index is 2.95. The minimum atomic E-state index is -0.976. The lowest BCUT2D eigenvalue weighted by Crippen LogP contribution is -2.30. The number of carbonyl (C=O) groups is 2. The number of hydrogen-bond donors (Lipinski definition) is 2. The summed E-state index contributed by atoms with van der Waals surface area (Å²) < 4.78 is 10.4. The maximum atomic E-state index is 11.9. The molecule has 0 saturated heterocycles. The fourth-order valence-corrected chi connectivity index (χ4v) is 2.10. The normalized spacial score (nSPS) is 11.6. The van der Waals surface area contributed by atoms with Gasteiger partial charge in [0.1, 0.15) is 0 Å². The summed E-state index contributed by atoms with van der Waals surface area (Å²) in [5.41, 5.74) is 0.671. The predicted molar refractivity (Wildman–Crippen MR) is 82.2 cm³/mol. The number of hydrogen-bond acceptors (Lipinski definition) is 4. The van der Waals surface area contributed by atoms with Crippen LogP contribution in [0.1, 0.15) is 44.2 Å². The molecule has 0 saturated carbocycles. The lowest BCUT2D eigenvalue weighted by molar-refractivity contribution is -0.137. The van der Waals surface area contributed by atoms with Gasteiger partial charge in [-0.1, -0.05) is 19.4 Å². The minimum absolute atomic E-state index is 0.150. The number of aliphatic carboxylic acids is 1. The molecule has 22 heavy (non-hydrogen) atoms. The van der Waals surface area contributed by atoms with Gasteiger partial charge in [-0.25, -0.2) is 0 Å². The molecule has 122 valence electrons. The van der Waals surface area contributed by atoms with Crippen molar-refractivity contribution >= 4 is 11.9 Å². The Kier molecular flexibility index (Phi) is 7.22. The fourth-order valence-electron chi connectivity index (χ4n) is 2.10. The Morgan fingerprint density at radius 3 is 2.45 bits per heavy atom. The first kappa shape index (κ1) is 17.8. The van der Waals surface area contributed by atoms with Crippen LogP contribution < -0.4 is 14.8 Å². The summed E-state index contributed by atoms with van der Waals surface area (Å²) in [6, 6.07) is 4.52. The predicted octanol–water partition coefficient (Wildman–Crippen LogP) is 2.53. The Bertz CT molecular complexity index is 515. The van der Waals surface area contributed by atoms with Crippen LogP contribution in [0.2, 0.25) is 0 Å². The molecule has 1 amide bonds. The van der Waals surface area contributed by atoms with Crippen LogP contribution in [0.4, 0.5) is 0 Å². The van der Waals surface area contributed by atoms with Crippen LogP contribution in [0.3, 0.4) is 0 Å². The molecular weight excluding hydrogens is 286 g/mol. The molecule has 0 fully saturated rings. The number of carboxylic acids is 1. The highest BCUT2D eigenvalue weighted by molar-refractivity contribution is 5.77. The summed E-state index contributed by atoms with van der Waals surface area (Å²) in [6.45, 7) is 2.00.